The Balaban J connectivity index is 1.65. The highest BCUT2D eigenvalue weighted by atomic mass is 16.7. The van der Waals surface area contributed by atoms with Crippen molar-refractivity contribution in [2.75, 3.05) is 25.5 Å². The van der Waals surface area contributed by atoms with Gasteiger partial charge in [0.25, 0.3) is 0 Å². The maximum atomic E-state index is 12.5. The monoisotopic (exact) mass is 525 g/mol. The average Bonchev–Trinajstić information content (AvgIpc) is 2.92. The molecule has 2 aromatic carbocycles. The first-order chi connectivity index (χ1) is 18.4. The number of amides is 2. The molecular formula is C29H39N3O6. The van der Waals surface area contributed by atoms with Crippen LogP contribution in [0.3, 0.4) is 0 Å². The molecule has 0 unspecified atom stereocenters. The first kappa shape index (κ1) is 29.5. The summed E-state index contributed by atoms with van der Waals surface area (Å²) in [5.74, 6) is -0.526. The van der Waals surface area contributed by atoms with Crippen molar-refractivity contribution in [3.05, 3.63) is 77.9 Å². The summed E-state index contributed by atoms with van der Waals surface area (Å²) in [6.45, 7) is 5.27. The summed E-state index contributed by atoms with van der Waals surface area (Å²) in [5.41, 5.74) is 4.95. The van der Waals surface area contributed by atoms with Crippen LogP contribution in [0.5, 0.6) is 0 Å². The Bertz CT molecular complexity index is 1040. The minimum atomic E-state index is -0.608. The van der Waals surface area contributed by atoms with Gasteiger partial charge < -0.3 is 24.8 Å². The molecule has 9 nitrogen and oxygen atoms in total. The van der Waals surface area contributed by atoms with Gasteiger partial charge in [0.05, 0.1) is 18.8 Å². The van der Waals surface area contributed by atoms with E-state index in [4.69, 9.17) is 14.7 Å². The molecule has 206 valence electrons. The number of aliphatic hydroxyl groups excluding tert-OH is 1. The summed E-state index contributed by atoms with van der Waals surface area (Å²) >= 11 is 0. The second-order valence-electron chi connectivity index (χ2n) is 9.63. The molecule has 0 radical (unpaired) electrons. The molecule has 2 aromatic rings. The van der Waals surface area contributed by atoms with E-state index in [1.54, 1.807) is 5.48 Å². The van der Waals surface area contributed by atoms with E-state index in [0.717, 1.165) is 23.2 Å². The molecule has 0 aliphatic carbocycles. The summed E-state index contributed by atoms with van der Waals surface area (Å²) in [6, 6.07) is 15.3. The molecule has 4 N–H and O–H groups in total. The fraction of sp³-hybridized carbons (Fsp3) is 0.448. The highest BCUT2D eigenvalue weighted by Crippen LogP contribution is 2.38. The molecule has 3 rings (SSSR count). The Morgan fingerprint density at radius 3 is 2.47 bits per heavy atom. The summed E-state index contributed by atoms with van der Waals surface area (Å²) < 4.78 is 12.8. The van der Waals surface area contributed by atoms with E-state index in [-0.39, 0.29) is 31.1 Å². The van der Waals surface area contributed by atoms with Crippen LogP contribution in [0.25, 0.3) is 0 Å². The van der Waals surface area contributed by atoms with Crippen LogP contribution in [0.1, 0.15) is 67.6 Å². The molecule has 1 fully saturated rings. The lowest BCUT2D eigenvalue weighted by Crippen LogP contribution is -2.37. The Hall–Kier alpha value is -3.08. The van der Waals surface area contributed by atoms with Gasteiger partial charge in [-0.05, 0) is 43.1 Å². The Labute approximate surface area is 224 Å². The van der Waals surface area contributed by atoms with Gasteiger partial charge in [0.2, 0.25) is 11.8 Å². The number of hydroxylamine groups is 1. The van der Waals surface area contributed by atoms with E-state index < -0.39 is 12.2 Å². The third kappa shape index (κ3) is 9.34. The number of carbonyl (C=O) groups excluding carboxylic acids is 2. The molecule has 1 saturated heterocycles. The number of nitrogens with one attached hydrogen (secondary N) is 2. The van der Waals surface area contributed by atoms with Gasteiger partial charge in [-0.25, -0.2) is 5.48 Å². The molecule has 1 heterocycles. The van der Waals surface area contributed by atoms with E-state index in [0.29, 0.717) is 44.3 Å². The van der Waals surface area contributed by atoms with Crippen molar-refractivity contribution < 1.29 is 29.4 Å². The first-order valence-electron chi connectivity index (χ1n) is 13.0. The first-order valence-corrected chi connectivity index (χ1v) is 13.0. The van der Waals surface area contributed by atoms with Gasteiger partial charge in [-0.2, -0.15) is 0 Å². The second-order valence-corrected chi connectivity index (χ2v) is 9.63. The zero-order valence-corrected chi connectivity index (χ0v) is 22.0. The van der Waals surface area contributed by atoms with Crippen LogP contribution in [0.4, 0.5) is 5.69 Å². The third-order valence-electron chi connectivity index (χ3n) is 6.45. The van der Waals surface area contributed by atoms with Crippen LogP contribution in [0.15, 0.2) is 61.2 Å². The minimum absolute atomic E-state index is 0.00804. The predicted molar refractivity (Wildman–Crippen MR) is 144 cm³/mol. The van der Waals surface area contributed by atoms with Crippen molar-refractivity contribution in [2.45, 2.75) is 63.6 Å². The number of nitrogens with zero attached hydrogens (tertiary/aromatic N) is 1. The van der Waals surface area contributed by atoms with Crippen molar-refractivity contribution in [3.63, 3.8) is 0 Å². The van der Waals surface area contributed by atoms with Crippen LogP contribution in [-0.2, 0) is 25.7 Å². The molecule has 9 heteroatoms. The van der Waals surface area contributed by atoms with E-state index in [1.807, 2.05) is 61.7 Å². The maximum absolute atomic E-state index is 12.5. The number of unbranched alkanes of at least 4 members (excludes halogenated alkanes) is 2. The van der Waals surface area contributed by atoms with Crippen LogP contribution >= 0.6 is 0 Å². The summed E-state index contributed by atoms with van der Waals surface area (Å²) in [7, 11) is 2.03. The minimum Gasteiger partial charge on any atom is -0.392 e. The molecule has 38 heavy (non-hydrogen) atoms. The van der Waals surface area contributed by atoms with Gasteiger partial charge in [0.15, 0.2) is 6.29 Å². The number of rotatable bonds is 14. The fourth-order valence-electron chi connectivity index (χ4n) is 4.47. The molecule has 2 amide bonds. The molecule has 0 aromatic heterocycles. The molecular weight excluding hydrogens is 486 g/mol. The highest BCUT2D eigenvalue weighted by molar-refractivity contribution is 5.90. The maximum Gasteiger partial charge on any atom is 0.243 e. The van der Waals surface area contributed by atoms with E-state index in [1.165, 1.54) is 0 Å². The number of hydrogen-bond donors (Lipinski definition) is 4. The van der Waals surface area contributed by atoms with Gasteiger partial charge in [-0.15, -0.1) is 6.58 Å². The lowest BCUT2D eigenvalue weighted by molar-refractivity contribution is -0.252. The van der Waals surface area contributed by atoms with Crippen LogP contribution in [-0.4, -0.2) is 53.3 Å². The number of anilines is 1. The molecule has 0 spiro atoms. The number of carbonyl (C=O) groups is 2. The average molecular weight is 526 g/mol. The number of ether oxygens (including phenoxy) is 2. The Morgan fingerprint density at radius 1 is 1.05 bits per heavy atom. The van der Waals surface area contributed by atoms with Crippen molar-refractivity contribution >= 4 is 17.5 Å². The summed E-state index contributed by atoms with van der Waals surface area (Å²) in [4.78, 5) is 25.7. The highest BCUT2D eigenvalue weighted by Gasteiger charge is 2.32. The summed E-state index contributed by atoms with van der Waals surface area (Å²) in [6.07, 6.45) is 4.22. The van der Waals surface area contributed by atoms with Gasteiger partial charge in [-0.1, -0.05) is 48.9 Å². The molecule has 1 aliphatic heterocycles. The number of benzene rings is 2. The van der Waals surface area contributed by atoms with Gasteiger partial charge in [0.1, 0.15) is 0 Å². The predicted octanol–water partition coefficient (Wildman–Crippen LogP) is 4.24. The van der Waals surface area contributed by atoms with E-state index in [9.17, 15) is 14.7 Å². The standard InChI is InChI=1S/C29H39N3O6/c1-3-16-32(2)19-25-18-26(22-14-12-21(20-33)13-15-22)38-29(37-25)23-8-7-9-24(17-23)30-27(34)10-5-4-6-11-28(35)31-36/h3,7-9,12-15,17,25-26,29,33,36H,1,4-6,10-11,16,18-20H2,2H3,(H,30,34)(H,31,35)/t25-,26+,29+/m1/s1. The molecule has 3 atom stereocenters. The molecule has 0 saturated carbocycles. The SMILES string of the molecule is C=CCN(C)C[C@H]1C[C@@H](c2ccc(CO)cc2)O[C@@H](c2cccc(NC(=O)CCCCCC(=O)NO)c2)O1. The summed E-state index contributed by atoms with van der Waals surface area (Å²) in [5, 5.41) is 20.9. The zero-order chi connectivity index (χ0) is 27.3. The van der Waals surface area contributed by atoms with Crippen LogP contribution in [0.2, 0.25) is 0 Å². The van der Waals surface area contributed by atoms with Crippen molar-refractivity contribution in [1.82, 2.24) is 10.4 Å². The number of hydrogen-bond acceptors (Lipinski definition) is 7. The lowest BCUT2D eigenvalue weighted by Gasteiger charge is -2.37. The largest absolute Gasteiger partial charge is 0.392 e. The molecule has 1 aliphatic rings. The quantitative estimate of drug-likeness (QED) is 0.126. The van der Waals surface area contributed by atoms with Gasteiger partial charge >= 0.3 is 0 Å². The second kappa shape index (κ2) is 15.4. The topological polar surface area (TPSA) is 120 Å². The van der Waals surface area contributed by atoms with Crippen molar-refractivity contribution in [1.29, 1.82) is 0 Å². The zero-order valence-electron chi connectivity index (χ0n) is 22.0. The van der Waals surface area contributed by atoms with E-state index in [2.05, 4.69) is 16.8 Å². The smallest absolute Gasteiger partial charge is 0.243 e. The molecule has 0 bridgehead atoms. The van der Waals surface area contributed by atoms with Gasteiger partial charge in [-0.3, -0.25) is 14.8 Å². The number of aliphatic hydroxyl groups is 1. The number of likely N-dealkylation sites (N-methyl/N-ethyl adjacent to an activating group) is 1. The third-order valence-corrected chi connectivity index (χ3v) is 6.45. The Morgan fingerprint density at radius 2 is 1.79 bits per heavy atom. The van der Waals surface area contributed by atoms with Crippen LogP contribution < -0.4 is 10.8 Å². The fourth-order valence-corrected chi connectivity index (χ4v) is 4.47. The van der Waals surface area contributed by atoms with Crippen molar-refractivity contribution in [3.8, 4) is 0 Å². The van der Waals surface area contributed by atoms with Crippen molar-refractivity contribution in [2.24, 2.45) is 0 Å². The normalized spacial score (nSPS) is 19.2. The van der Waals surface area contributed by atoms with Crippen LogP contribution in [0, 0.1) is 0 Å². The van der Waals surface area contributed by atoms with Gasteiger partial charge in [0, 0.05) is 43.6 Å². The van der Waals surface area contributed by atoms with E-state index >= 15 is 0 Å². The lowest BCUT2D eigenvalue weighted by atomic mass is 9.99. The Kier molecular flexibility index (Phi) is 11.9.